The number of carbonyl (C=O) groups is 1. The highest BCUT2D eigenvalue weighted by molar-refractivity contribution is 7.88. The first kappa shape index (κ1) is 21.1. The van der Waals surface area contributed by atoms with Crippen LogP contribution in [0.25, 0.3) is 0 Å². The lowest BCUT2D eigenvalue weighted by molar-refractivity contribution is 0.0784. The Morgan fingerprint density at radius 3 is 2.68 bits per heavy atom. The summed E-state index contributed by atoms with van der Waals surface area (Å²) in [5.41, 5.74) is 0.569. The van der Waals surface area contributed by atoms with Crippen LogP contribution >= 0.6 is 0 Å². The van der Waals surface area contributed by atoms with Gasteiger partial charge in [0.25, 0.3) is 5.91 Å². The van der Waals surface area contributed by atoms with E-state index in [9.17, 15) is 13.2 Å². The molecule has 3 rings (SSSR count). The monoisotopic (exact) mass is 409 g/mol. The minimum atomic E-state index is -3.31. The quantitative estimate of drug-likeness (QED) is 0.653. The first-order valence-corrected chi connectivity index (χ1v) is 11.9. The highest BCUT2D eigenvalue weighted by Gasteiger charge is 2.34. The molecule has 1 aromatic carbocycles. The van der Waals surface area contributed by atoms with Crippen molar-refractivity contribution in [3.8, 4) is 5.75 Å². The van der Waals surface area contributed by atoms with Crippen molar-refractivity contribution in [2.75, 3.05) is 52.6 Å². The average Bonchev–Trinajstić information content (AvgIpc) is 3.35. The molecule has 1 unspecified atom stereocenters. The normalized spacial score (nSPS) is 20.8. The SMILES string of the molecule is COc1cccc(C(=O)N2CCC(N(CCCN3CCCC3)S(C)(=O)=O)C2)c1. The van der Waals surface area contributed by atoms with Crippen molar-refractivity contribution in [1.82, 2.24) is 14.1 Å². The average molecular weight is 410 g/mol. The van der Waals surface area contributed by atoms with Gasteiger partial charge in [0.05, 0.1) is 13.4 Å². The van der Waals surface area contributed by atoms with Gasteiger partial charge in [0.15, 0.2) is 0 Å². The van der Waals surface area contributed by atoms with E-state index in [0.29, 0.717) is 37.4 Å². The van der Waals surface area contributed by atoms with Gasteiger partial charge < -0.3 is 14.5 Å². The number of amides is 1. The number of hydrogen-bond donors (Lipinski definition) is 0. The molecule has 2 heterocycles. The second-order valence-electron chi connectivity index (χ2n) is 7.70. The smallest absolute Gasteiger partial charge is 0.254 e. The summed E-state index contributed by atoms with van der Waals surface area (Å²) in [6.07, 6.45) is 5.24. The number of rotatable bonds is 8. The third-order valence-electron chi connectivity index (χ3n) is 5.65. The molecule has 0 N–H and O–H groups in total. The van der Waals surface area contributed by atoms with Gasteiger partial charge in [0.2, 0.25) is 10.0 Å². The second-order valence-corrected chi connectivity index (χ2v) is 9.64. The van der Waals surface area contributed by atoms with Gasteiger partial charge in [-0.25, -0.2) is 8.42 Å². The molecule has 0 aliphatic carbocycles. The Bertz CT molecular complexity index is 777. The molecule has 2 aliphatic rings. The Balaban J connectivity index is 1.60. The predicted molar refractivity (Wildman–Crippen MR) is 109 cm³/mol. The molecule has 8 heteroatoms. The van der Waals surface area contributed by atoms with Gasteiger partial charge >= 0.3 is 0 Å². The largest absolute Gasteiger partial charge is 0.497 e. The molecule has 2 fully saturated rings. The first-order valence-electron chi connectivity index (χ1n) is 10.0. The van der Waals surface area contributed by atoms with Crippen LogP contribution in [0.1, 0.15) is 36.0 Å². The maximum absolute atomic E-state index is 12.8. The summed E-state index contributed by atoms with van der Waals surface area (Å²) in [4.78, 5) is 17.0. The molecule has 0 saturated carbocycles. The van der Waals surface area contributed by atoms with Crippen LogP contribution in [0, 0.1) is 0 Å². The molecule has 0 aromatic heterocycles. The van der Waals surface area contributed by atoms with Crippen molar-refractivity contribution in [1.29, 1.82) is 0 Å². The van der Waals surface area contributed by atoms with E-state index in [4.69, 9.17) is 4.74 Å². The summed E-state index contributed by atoms with van der Waals surface area (Å²) in [6.45, 7) is 4.69. The van der Waals surface area contributed by atoms with E-state index in [-0.39, 0.29) is 11.9 Å². The third-order valence-corrected chi connectivity index (χ3v) is 6.98. The highest BCUT2D eigenvalue weighted by Crippen LogP contribution is 2.22. The fourth-order valence-corrected chi connectivity index (χ4v) is 5.35. The number of carbonyl (C=O) groups excluding carboxylic acids is 1. The fraction of sp³-hybridized carbons (Fsp3) is 0.650. The maximum Gasteiger partial charge on any atom is 0.254 e. The molecule has 1 amide bonds. The van der Waals surface area contributed by atoms with Crippen molar-refractivity contribution in [3.63, 3.8) is 0 Å². The molecule has 1 atom stereocenters. The van der Waals surface area contributed by atoms with Gasteiger partial charge in [-0.05, 0) is 63.5 Å². The van der Waals surface area contributed by atoms with Crippen molar-refractivity contribution >= 4 is 15.9 Å². The zero-order valence-corrected chi connectivity index (χ0v) is 17.7. The Morgan fingerprint density at radius 2 is 2.00 bits per heavy atom. The Labute approximate surface area is 168 Å². The molecule has 1 aromatic rings. The molecule has 0 spiro atoms. The molecular weight excluding hydrogens is 378 g/mol. The Hall–Kier alpha value is -1.64. The van der Waals surface area contributed by atoms with Crippen molar-refractivity contribution in [2.45, 2.75) is 31.7 Å². The molecule has 2 saturated heterocycles. The van der Waals surface area contributed by atoms with Crippen LogP contribution in [-0.4, -0.2) is 87.1 Å². The van der Waals surface area contributed by atoms with Gasteiger partial charge in [0.1, 0.15) is 5.75 Å². The number of benzene rings is 1. The summed E-state index contributed by atoms with van der Waals surface area (Å²) in [5.74, 6) is 0.563. The summed E-state index contributed by atoms with van der Waals surface area (Å²) < 4.78 is 31.5. The molecular formula is C20H31N3O4S. The molecule has 7 nitrogen and oxygen atoms in total. The van der Waals surface area contributed by atoms with Crippen LogP contribution in [-0.2, 0) is 10.0 Å². The van der Waals surface area contributed by atoms with Gasteiger partial charge in [-0.1, -0.05) is 6.07 Å². The number of hydrogen-bond acceptors (Lipinski definition) is 5. The van der Waals surface area contributed by atoms with E-state index in [1.165, 1.54) is 19.1 Å². The van der Waals surface area contributed by atoms with E-state index in [0.717, 1.165) is 26.1 Å². The number of likely N-dealkylation sites (tertiary alicyclic amines) is 2. The molecule has 0 bridgehead atoms. The summed E-state index contributed by atoms with van der Waals surface area (Å²) in [5, 5.41) is 0. The van der Waals surface area contributed by atoms with Gasteiger partial charge in [-0.2, -0.15) is 4.31 Å². The number of nitrogens with zero attached hydrogens (tertiary/aromatic N) is 3. The summed E-state index contributed by atoms with van der Waals surface area (Å²) in [6, 6.07) is 6.93. The van der Waals surface area contributed by atoms with E-state index < -0.39 is 10.0 Å². The van der Waals surface area contributed by atoms with E-state index in [2.05, 4.69) is 4.90 Å². The standard InChI is InChI=1S/C20H31N3O4S/c1-27-19-8-5-7-17(15-19)20(24)22-14-9-18(16-22)23(28(2,25)26)13-6-12-21-10-3-4-11-21/h5,7-8,15,18H,3-4,6,9-14,16H2,1-2H3. The number of ether oxygens (including phenoxy) is 1. The second kappa shape index (κ2) is 9.24. The minimum Gasteiger partial charge on any atom is -0.497 e. The van der Waals surface area contributed by atoms with Crippen LogP contribution in [0.4, 0.5) is 0 Å². The van der Waals surface area contributed by atoms with Crippen LogP contribution in [0.2, 0.25) is 0 Å². The van der Waals surface area contributed by atoms with Crippen LogP contribution < -0.4 is 4.74 Å². The van der Waals surface area contributed by atoms with Crippen molar-refractivity contribution < 1.29 is 17.9 Å². The van der Waals surface area contributed by atoms with Crippen LogP contribution in [0.15, 0.2) is 24.3 Å². The van der Waals surface area contributed by atoms with Crippen LogP contribution in [0.3, 0.4) is 0 Å². The molecule has 0 radical (unpaired) electrons. The van der Waals surface area contributed by atoms with E-state index >= 15 is 0 Å². The third kappa shape index (κ3) is 5.24. The summed E-state index contributed by atoms with van der Waals surface area (Å²) in [7, 11) is -1.74. The molecule has 156 valence electrons. The fourth-order valence-electron chi connectivity index (χ4n) is 4.18. The lowest BCUT2D eigenvalue weighted by Gasteiger charge is -2.27. The lowest BCUT2D eigenvalue weighted by Crippen LogP contribution is -2.43. The van der Waals surface area contributed by atoms with E-state index in [1.807, 2.05) is 0 Å². The van der Waals surface area contributed by atoms with Gasteiger partial charge in [-0.15, -0.1) is 0 Å². The van der Waals surface area contributed by atoms with Gasteiger partial charge in [-0.3, -0.25) is 4.79 Å². The Morgan fingerprint density at radius 1 is 1.25 bits per heavy atom. The highest BCUT2D eigenvalue weighted by atomic mass is 32.2. The topological polar surface area (TPSA) is 70.2 Å². The number of methoxy groups -OCH3 is 1. The molecule has 2 aliphatic heterocycles. The van der Waals surface area contributed by atoms with Crippen molar-refractivity contribution in [3.05, 3.63) is 29.8 Å². The number of sulfonamides is 1. The van der Waals surface area contributed by atoms with Crippen LogP contribution in [0.5, 0.6) is 5.75 Å². The maximum atomic E-state index is 12.8. The minimum absolute atomic E-state index is 0.0769. The molecule has 28 heavy (non-hydrogen) atoms. The first-order chi connectivity index (χ1) is 13.4. The van der Waals surface area contributed by atoms with Crippen molar-refractivity contribution in [2.24, 2.45) is 0 Å². The Kier molecular flexibility index (Phi) is 6.95. The van der Waals surface area contributed by atoms with Gasteiger partial charge in [0, 0.05) is 31.2 Å². The predicted octanol–water partition coefficient (Wildman–Crippen LogP) is 1.66. The van der Waals surface area contributed by atoms with E-state index in [1.54, 1.807) is 40.6 Å². The lowest BCUT2D eigenvalue weighted by atomic mass is 10.2. The summed E-state index contributed by atoms with van der Waals surface area (Å²) >= 11 is 0. The zero-order chi connectivity index (χ0) is 20.1. The zero-order valence-electron chi connectivity index (χ0n) is 16.8.